The van der Waals surface area contributed by atoms with Crippen LogP contribution in [0.3, 0.4) is 0 Å². The van der Waals surface area contributed by atoms with E-state index in [0.29, 0.717) is 5.02 Å². The second-order valence-corrected chi connectivity index (χ2v) is 13.6. The molecule has 1 heterocycles. The molecule has 4 aromatic rings. The van der Waals surface area contributed by atoms with Gasteiger partial charge in [-0.25, -0.2) is 4.98 Å². The van der Waals surface area contributed by atoms with Gasteiger partial charge in [-0.3, -0.25) is 4.79 Å². The summed E-state index contributed by atoms with van der Waals surface area (Å²) < 4.78 is 0. The van der Waals surface area contributed by atoms with Crippen molar-refractivity contribution in [1.29, 1.82) is 0 Å². The lowest BCUT2D eigenvalue weighted by atomic mass is 9.90. The Morgan fingerprint density at radius 1 is 1.05 bits per heavy atom. The predicted octanol–water partition coefficient (Wildman–Crippen LogP) is 8.95. The Kier molecular flexibility index (Phi) is 11.7. The normalized spacial score (nSPS) is 14.7. The van der Waals surface area contributed by atoms with Crippen molar-refractivity contribution in [3.8, 4) is 0 Å². The summed E-state index contributed by atoms with van der Waals surface area (Å²) in [6, 6.07) is 26.5. The largest absolute Gasteiger partial charge is 0.481 e. The molecule has 232 valence electrons. The zero-order chi connectivity index (χ0) is 31.7. The number of aliphatic hydroxyl groups excluding tert-OH is 1. The third kappa shape index (κ3) is 9.67. The second kappa shape index (κ2) is 15.2. The standard InChI is InChI=1S/C35H36ClNO3S.C2H6O/c1-34(2,40)30-9-4-3-7-25(30)13-17-32(41-23-35(18-19-35)22-33(38)39)27-8-5-6-24(20-27)10-15-29-16-12-26-11-14-28(36)21-31(26)37-29;1-2-3/h3-12,14-16,20-21,32,40H,13,17-19,22-23H2,1-2H3,(H,38,39);3H,2H2,1H3/b15-10+;/t32-;/m1./s1. The Balaban J connectivity index is 0.00000141. The number of aliphatic hydroxyl groups is 2. The van der Waals surface area contributed by atoms with Crippen molar-refractivity contribution in [2.45, 2.75) is 63.7 Å². The van der Waals surface area contributed by atoms with Gasteiger partial charge in [-0.15, -0.1) is 0 Å². The molecular weight excluding hydrogens is 590 g/mol. The first-order valence-corrected chi connectivity index (χ1v) is 16.5. The highest BCUT2D eigenvalue weighted by molar-refractivity contribution is 7.99. The van der Waals surface area contributed by atoms with E-state index in [4.69, 9.17) is 21.7 Å². The number of carboxylic acids is 1. The third-order valence-electron chi connectivity index (χ3n) is 7.83. The van der Waals surface area contributed by atoms with E-state index in [1.54, 1.807) is 6.92 Å². The van der Waals surface area contributed by atoms with Crippen molar-refractivity contribution >= 4 is 52.4 Å². The van der Waals surface area contributed by atoms with Crippen LogP contribution in [0.4, 0.5) is 0 Å². The Hall–Kier alpha value is -3.16. The third-order valence-corrected chi connectivity index (χ3v) is 9.76. The number of carboxylic acid groups (broad SMARTS) is 1. The molecule has 0 saturated heterocycles. The monoisotopic (exact) mass is 631 g/mol. The fourth-order valence-corrected chi connectivity index (χ4v) is 7.09. The molecule has 7 heteroatoms. The fraction of sp³-hybridized carbons (Fsp3) is 0.351. The number of nitrogens with zero attached hydrogens (tertiary/aromatic N) is 1. The lowest BCUT2D eigenvalue weighted by molar-refractivity contribution is -0.138. The van der Waals surface area contributed by atoms with Crippen LogP contribution in [0, 0.1) is 5.41 Å². The Bertz CT molecular complexity index is 1590. The second-order valence-electron chi connectivity index (χ2n) is 12.0. The van der Waals surface area contributed by atoms with Crippen LogP contribution in [-0.4, -0.2) is 38.6 Å². The van der Waals surface area contributed by atoms with E-state index in [2.05, 4.69) is 42.5 Å². The number of hydrogen-bond donors (Lipinski definition) is 3. The van der Waals surface area contributed by atoms with Crippen molar-refractivity contribution < 1.29 is 20.1 Å². The number of aryl methyl sites for hydroxylation is 1. The molecule has 0 radical (unpaired) electrons. The molecule has 1 aromatic heterocycles. The van der Waals surface area contributed by atoms with Crippen molar-refractivity contribution in [2.75, 3.05) is 12.4 Å². The van der Waals surface area contributed by atoms with E-state index in [9.17, 15) is 15.0 Å². The summed E-state index contributed by atoms with van der Waals surface area (Å²) in [5.41, 5.74) is 5.15. The van der Waals surface area contributed by atoms with Crippen LogP contribution in [0.15, 0.2) is 78.9 Å². The molecule has 5 rings (SSSR count). The topological polar surface area (TPSA) is 90.7 Å². The zero-order valence-corrected chi connectivity index (χ0v) is 27.2. The summed E-state index contributed by atoms with van der Waals surface area (Å²) in [5.74, 6) is 0.122. The summed E-state index contributed by atoms with van der Waals surface area (Å²) >= 11 is 8.04. The van der Waals surface area contributed by atoms with Gasteiger partial charge in [0.05, 0.1) is 23.2 Å². The summed E-state index contributed by atoms with van der Waals surface area (Å²) in [6.07, 6.45) is 8.02. The van der Waals surface area contributed by atoms with Crippen LogP contribution >= 0.6 is 23.4 Å². The molecule has 0 aliphatic heterocycles. The lowest BCUT2D eigenvalue weighted by Gasteiger charge is -2.24. The van der Waals surface area contributed by atoms with E-state index in [0.717, 1.165) is 64.7 Å². The molecule has 5 nitrogen and oxygen atoms in total. The zero-order valence-electron chi connectivity index (χ0n) is 25.7. The van der Waals surface area contributed by atoms with E-state index in [-0.39, 0.29) is 23.7 Å². The summed E-state index contributed by atoms with van der Waals surface area (Å²) in [6.45, 7) is 5.59. The van der Waals surface area contributed by atoms with E-state index in [1.807, 2.05) is 74.1 Å². The molecule has 1 aliphatic rings. The van der Waals surface area contributed by atoms with Gasteiger partial charge in [0.15, 0.2) is 0 Å². The molecule has 0 bridgehead atoms. The first kappa shape index (κ1) is 33.7. The first-order valence-electron chi connectivity index (χ1n) is 15.1. The smallest absolute Gasteiger partial charge is 0.303 e. The number of carbonyl (C=O) groups is 1. The number of hydrogen-bond acceptors (Lipinski definition) is 5. The maximum Gasteiger partial charge on any atom is 0.303 e. The highest BCUT2D eigenvalue weighted by atomic mass is 35.5. The maximum atomic E-state index is 11.5. The number of aromatic nitrogens is 1. The fourth-order valence-electron chi connectivity index (χ4n) is 5.36. The molecule has 3 aromatic carbocycles. The molecule has 0 spiro atoms. The molecule has 1 saturated carbocycles. The van der Waals surface area contributed by atoms with Gasteiger partial charge in [-0.2, -0.15) is 11.8 Å². The molecule has 0 unspecified atom stereocenters. The van der Waals surface area contributed by atoms with Gasteiger partial charge in [0.2, 0.25) is 0 Å². The molecule has 1 atom stereocenters. The van der Waals surface area contributed by atoms with Gasteiger partial charge in [-0.05, 0) is 98.4 Å². The maximum absolute atomic E-state index is 11.5. The summed E-state index contributed by atoms with van der Waals surface area (Å²) in [4.78, 5) is 16.2. The van der Waals surface area contributed by atoms with Crippen LogP contribution in [-0.2, 0) is 16.8 Å². The Morgan fingerprint density at radius 2 is 1.77 bits per heavy atom. The number of fused-ring (bicyclic) bond motifs is 1. The van der Waals surface area contributed by atoms with Crippen molar-refractivity contribution in [3.63, 3.8) is 0 Å². The van der Waals surface area contributed by atoms with Gasteiger partial charge < -0.3 is 15.3 Å². The molecule has 1 fully saturated rings. The molecule has 1 aliphatic carbocycles. The van der Waals surface area contributed by atoms with Crippen LogP contribution in [0.1, 0.15) is 79.7 Å². The first-order chi connectivity index (χ1) is 21.0. The van der Waals surface area contributed by atoms with Gasteiger partial charge in [0, 0.05) is 28.0 Å². The quantitative estimate of drug-likeness (QED) is 0.145. The lowest BCUT2D eigenvalue weighted by Crippen LogP contribution is -2.18. The van der Waals surface area contributed by atoms with Crippen LogP contribution in [0.25, 0.3) is 23.1 Å². The minimum Gasteiger partial charge on any atom is -0.481 e. The van der Waals surface area contributed by atoms with Crippen molar-refractivity contribution in [3.05, 3.63) is 112 Å². The van der Waals surface area contributed by atoms with Gasteiger partial charge in [0.25, 0.3) is 0 Å². The average Bonchev–Trinajstić information content (AvgIpc) is 3.74. The van der Waals surface area contributed by atoms with E-state index >= 15 is 0 Å². The SMILES string of the molecule is CC(C)(O)c1ccccc1CC[C@@H](SCC1(CC(=O)O)CC1)c1cccc(/C=C/c2ccc3ccc(Cl)cc3n2)c1.CCO. The number of rotatable bonds is 12. The molecule has 3 N–H and O–H groups in total. The van der Waals surface area contributed by atoms with Crippen molar-refractivity contribution in [1.82, 2.24) is 4.98 Å². The highest BCUT2D eigenvalue weighted by Gasteiger charge is 2.44. The minimum atomic E-state index is -0.911. The van der Waals surface area contributed by atoms with Crippen LogP contribution in [0.5, 0.6) is 0 Å². The van der Waals surface area contributed by atoms with E-state index < -0.39 is 11.6 Å². The number of thioether (sulfide) groups is 1. The van der Waals surface area contributed by atoms with Gasteiger partial charge in [-0.1, -0.05) is 78.3 Å². The highest BCUT2D eigenvalue weighted by Crippen LogP contribution is 2.53. The van der Waals surface area contributed by atoms with Crippen LogP contribution in [0.2, 0.25) is 5.02 Å². The van der Waals surface area contributed by atoms with Crippen LogP contribution < -0.4 is 0 Å². The summed E-state index contributed by atoms with van der Waals surface area (Å²) in [5, 5.41) is 29.7. The number of pyridine rings is 1. The molecule has 44 heavy (non-hydrogen) atoms. The summed E-state index contributed by atoms with van der Waals surface area (Å²) in [7, 11) is 0. The number of aliphatic carboxylic acids is 1. The molecule has 0 amide bonds. The van der Waals surface area contributed by atoms with E-state index in [1.165, 1.54) is 5.56 Å². The minimum absolute atomic E-state index is 0.0814. The van der Waals surface area contributed by atoms with Gasteiger partial charge >= 0.3 is 5.97 Å². The Morgan fingerprint density at radius 3 is 2.48 bits per heavy atom. The van der Waals surface area contributed by atoms with Crippen molar-refractivity contribution in [2.24, 2.45) is 5.41 Å². The number of benzene rings is 3. The molecular formula is C37H42ClNO4S. The number of halogens is 1. The Labute approximate surface area is 270 Å². The van der Waals surface area contributed by atoms with Gasteiger partial charge in [0.1, 0.15) is 0 Å². The predicted molar refractivity (Wildman–Crippen MR) is 184 cm³/mol. The average molecular weight is 632 g/mol.